The van der Waals surface area contributed by atoms with Crippen molar-refractivity contribution < 1.29 is 9.62 Å². The fraction of sp³-hybridized carbons (Fsp3) is 0.0667. The third-order valence-corrected chi connectivity index (χ3v) is 2.93. The molecule has 0 aliphatic heterocycles. The fourth-order valence-electron chi connectivity index (χ4n) is 2.01. The van der Waals surface area contributed by atoms with Crippen molar-refractivity contribution in [3.63, 3.8) is 0 Å². The van der Waals surface area contributed by atoms with Gasteiger partial charge in [-0.05, 0) is 31.2 Å². The third-order valence-electron chi connectivity index (χ3n) is 2.93. The Morgan fingerprint density at radius 1 is 1.20 bits per heavy atom. The monoisotopic (exact) mass is 267 g/mol. The summed E-state index contributed by atoms with van der Waals surface area (Å²) in [6.45, 7) is 1.87. The lowest BCUT2D eigenvalue weighted by molar-refractivity contribution is 0.322. The van der Waals surface area contributed by atoms with Gasteiger partial charge in [-0.3, -0.25) is 0 Å². The maximum atomic E-state index is 8.78. The number of aromatic nitrogens is 2. The summed E-state index contributed by atoms with van der Waals surface area (Å²) in [6.07, 6.45) is 3.14. The Morgan fingerprint density at radius 2 is 2.00 bits per heavy atom. The molecule has 0 spiro atoms. The number of oxime groups is 1. The van der Waals surface area contributed by atoms with E-state index < -0.39 is 0 Å². The van der Waals surface area contributed by atoms with Gasteiger partial charge in [-0.1, -0.05) is 23.4 Å². The first-order valence-corrected chi connectivity index (χ1v) is 6.17. The standard InChI is InChI=1S/C15H13N3O2/c1-11-7-8-14(20-11)15-12(9-16-19)10-18(17-15)13-5-3-2-4-6-13/h2-10,19H,1H3/b16-9+. The van der Waals surface area contributed by atoms with Crippen LogP contribution >= 0.6 is 0 Å². The summed E-state index contributed by atoms with van der Waals surface area (Å²) in [6, 6.07) is 13.4. The lowest BCUT2D eigenvalue weighted by Gasteiger charge is -1.98. The molecule has 0 aliphatic carbocycles. The lowest BCUT2D eigenvalue weighted by Crippen LogP contribution is -1.93. The van der Waals surface area contributed by atoms with Gasteiger partial charge in [0.2, 0.25) is 0 Å². The largest absolute Gasteiger partial charge is 0.460 e. The number of hydrogen-bond acceptors (Lipinski definition) is 4. The van der Waals surface area contributed by atoms with Crippen LogP contribution in [0.25, 0.3) is 17.1 Å². The maximum absolute atomic E-state index is 8.78. The minimum atomic E-state index is 0.639. The molecule has 0 aliphatic rings. The van der Waals surface area contributed by atoms with Gasteiger partial charge in [0.25, 0.3) is 0 Å². The van der Waals surface area contributed by atoms with Gasteiger partial charge in [-0.2, -0.15) is 5.10 Å². The molecule has 3 rings (SSSR count). The van der Waals surface area contributed by atoms with Gasteiger partial charge in [-0.15, -0.1) is 0 Å². The van der Waals surface area contributed by atoms with Crippen molar-refractivity contribution >= 4 is 6.21 Å². The second kappa shape index (κ2) is 5.05. The van der Waals surface area contributed by atoms with Crippen LogP contribution in [-0.2, 0) is 0 Å². The number of benzene rings is 1. The summed E-state index contributed by atoms with van der Waals surface area (Å²) >= 11 is 0. The molecule has 1 N–H and O–H groups in total. The van der Waals surface area contributed by atoms with Crippen molar-refractivity contribution in [2.45, 2.75) is 6.92 Å². The highest BCUT2D eigenvalue weighted by molar-refractivity contribution is 5.87. The van der Waals surface area contributed by atoms with Crippen molar-refractivity contribution in [2.24, 2.45) is 5.16 Å². The molecule has 0 saturated heterocycles. The highest BCUT2D eigenvalue weighted by Gasteiger charge is 2.14. The average molecular weight is 267 g/mol. The molecule has 0 radical (unpaired) electrons. The second-order valence-corrected chi connectivity index (χ2v) is 4.37. The van der Waals surface area contributed by atoms with Gasteiger partial charge in [0.15, 0.2) is 5.76 Å². The number of rotatable bonds is 3. The lowest BCUT2D eigenvalue weighted by atomic mass is 10.2. The fourth-order valence-corrected chi connectivity index (χ4v) is 2.01. The predicted molar refractivity (Wildman–Crippen MR) is 75.4 cm³/mol. The number of aryl methyl sites for hydroxylation is 1. The zero-order chi connectivity index (χ0) is 13.9. The van der Waals surface area contributed by atoms with Gasteiger partial charge in [0, 0.05) is 11.8 Å². The quantitative estimate of drug-likeness (QED) is 0.450. The summed E-state index contributed by atoms with van der Waals surface area (Å²) in [5.74, 6) is 1.45. The molecule has 20 heavy (non-hydrogen) atoms. The summed E-state index contributed by atoms with van der Waals surface area (Å²) in [5, 5.41) is 16.4. The summed E-state index contributed by atoms with van der Waals surface area (Å²) in [7, 11) is 0. The van der Waals surface area contributed by atoms with E-state index in [-0.39, 0.29) is 0 Å². The van der Waals surface area contributed by atoms with Crippen LogP contribution in [0.3, 0.4) is 0 Å². The Bertz CT molecular complexity index is 742. The van der Waals surface area contributed by atoms with Crippen LogP contribution in [0.5, 0.6) is 0 Å². The van der Waals surface area contributed by atoms with Crippen LogP contribution in [0.2, 0.25) is 0 Å². The molecule has 3 aromatic rings. The van der Waals surface area contributed by atoms with Crippen LogP contribution in [0.1, 0.15) is 11.3 Å². The van der Waals surface area contributed by atoms with Crippen molar-refractivity contribution in [1.82, 2.24) is 9.78 Å². The van der Waals surface area contributed by atoms with E-state index in [4.69, 9.17) is 9.62 Å². The molecule has 0 saturated carbocycles. The molecule has 0 fully saturated rings. The zero-order valence-electron chi connectivity index (χ0n) is 10.9. The first-order valence-electron chi connectivity index (χ1n) is 6.17. The van der Waals surface area contributed by atoms with E-state index in [0.29, 0.717) is 17.0 Å². The van der Waals surface area contributed by atoms with Crippen LogP contribution in [0, 0.1) is 6.92 Å². The van der Waals surface area contributed by atoms with Gasteiger partial charge in [-0.25, -0.2) is 4.68 Å². The zero-order valence-corrected chi connectivity index (χ0v) is 10.9. The van der Waals surface area contributed by atoms with E-state index in [9.17, 15) is 0 Å². The van der Waals surface area contributed by atoms with Gasteiger partial charge < -0.3 is 9.62 Å². The predicted octanol–water partition coefficient (Wildman–Crippen LogP) is 3.25. The van der Waals surface area contributed by atoms with E-state index >= 15 is 0 Å². The highest BCUT2D eigenvalue weighted by atomic mass is 16.4. The minimum absolute atomic E-state index is 0.639. The highest BCUT2D eigenvalue weighted by Crippen LogP contribution is 2.24. The van der Waals surface area contributed by atoms with Crippen molar-refractivity contribution in [3.05, 3.63) is 60.0 Å². The molecule has 0 atom stereocenters. The molecular formula is C15H13N3O2. The molecule has 5 heteroatoms. The third kappa shape index (κ3) is 2.21. The van der Waals surface area contributed by atoms with Crippen LogP contribution in [0.4, 0.5) is 0 Å². The second-order valence-electron chi connectivity index (χ2n) is 4.37. The molecule has 2 heterocycles. The Kier molecular flexibility index (Phi) is 3.09. The number of nitrogens with zero attached hydrogens (tertiary/aromatic N) is 3. The SMILES string of the molecule is Cc1ccc(-c2nn(-c3ccccc3)cc2/C=N/O)o1. The molecule has 0 bridgehead atoms. The topological polar surface area (TPSA) is 63.5 Å². The summed E-state index contributed by atoms with van der Waals surface area (Å²) < 4.78 is 7.31. The first kappa shape index (κ1) is 12.2. The summed E-state index contributed by atoms with van der Waals surface area (Å²) in [5.41, 5.74) is 2.25. The Balaban J connectivity index is 2.12. The van der Waals surface area contributed by atoms with E-state index in [1.807, 2.05) is 49.4 Å². The first-order chi connectivity index (χ1) is 9.78. The van der Waals surface area contributed by atoms with E-state index in [0.717, 1.165) is 11.4 Å². The van der Waals surface area contributed by atoms with Crippen molar-refractivity contribution in [2.75, 3.05) is 0 Å². The van der Waals surface area contributed by atoms with Crippen molar-refractivity contribution in [3.8, 4) is 17.1 Å². The molecular weight excluding hydrogens is 254 g/mol. The van der Waals surface area contributed by atoms with Gasteiger partial charge in [0.05, 0.1) is 11.9 Å². The normalized spacial score (nSPS) is 11.2. The Hall–Kier alpha value is -2.82. The Labute approximate surface area is 115 Å². The van der Waals surface area contributed by atoms with Crippen molar-refractivity contribution in [1.29, 1.82) is 0 Å². The van der Waals surface area contributed by atoms with E-state index in [2.05, 4.69) is 10.3 Å². The van der Waals surface area contributed by atoms with E-state index in [1.54, 1.807) is 10.9 Å². The smallest absolute Gasteiger partial charge is 0.155 e. The molecule has 2 aromatic heterocycles. The minimum Gasteiger partial charge on any atom is -0.460 e. The van der Waals surface area contributed by atoms with Gasteiger partial charge >= 0.3 is 0 Å². The molecule has 0 amide bonds. The molecule has 5 nitrogen and oxygen atoms in total. The number of para-hydroxylation sites is 1. The maximum Gasteiger partial charge on any atom is 0.155 e. The summed E-state index contributed by atoms with van der Waals surface area (Å²) in [4.78, 5) is 0. The molecule has 100 valence electrons. The van der Waals surface area contributed by atoms with Gasteiger partial charge in [0.1, 0.15) is 11.5 Å². The van der Waals surface area contributed by atoms with Crippen LogP contribution in [-0.4, -0.2) is 21.2 Å². The molecule has 1 aromatic carbocycles. The van der Waals surface area contributed by atoms with Crippen LogP contribution < -0.4 is 0 Å². The molecule has 0 unspecified atom stereocenters. The van der Waals surface area contributed by atoms with E-state index in [1.165, 1.54) is 6.21 Å². The average Bonchev–Trinajstić information content (AvgIpc) is 3.07. The number of furan rings is 1. The van der Waals surface area contributed by atoms with Crippen LogP contribution in [0.15, 0.2) is 58.2 Å². The Morgan fingerprint density at radius 3 is 2.65 bits per heavy atom. The number of hydrogen-bond donors (Lipinski definition) is 1.